The quantitative estimate of drug-likeness (QED) is 0.731. The van der Waals surface area contributed by atoms with E-state index in [0.29, 0.717) is 6.54 Å². The van der Waals surface area contributed by atoms with Crippen LogP contribution in [0.15, 0.2) is 18.2 Å². The normalized spacial score (nSPS) is 11.1. The zero-order valence-electron chi connectivity index (χ0n) is 8.96. The van der Waals surface area contributed by atoms with Gasteiger partial charge in [0, 0.05) is 24.7 Å². The van der Waals surface area contributed by atoms with E-state index in [1.807, 2.05) is 0 Å². The first-order chi connectivity index (χ1) is 6.65. The van der Waals surface area contributed by atoms with E-state index >= 15 is 0 Å². The molecule has 0 aliphatic heterocycles. The van der Waals surface area contributed by atoms with E-state index in [-0.39, 0.29) is 0 Å². The van der Waals surface area contributed by atoms with Crippen LogP contribution in [0.25, 0.3) is 10.9 Å². The van der Waals surface area contributed by atoms with Crippen molar-refractivity contribution in [2.24, 2.45) is 12.8 Å². The monoisotopic (exact) mass is 188 g/mol. The minimum absolute atomic E-state index is 0.601. The first-order valence-electron chi connectivity index (χ1n) is 4.89. The van der Waals surface area contributed by atoms with Crippen LogP contribution >= 0.6 is 0 Å². The third-order valence-corrected chi connectivity index (χ3v) is 3.03. The van der Waals surface area contributed by atoms with Crippen molar-refractivity contribution >= 4 is 10.9 Å². The van der Waals surface area contributed by atoms with Gasteiger partial charge in [-0.25, -0.2) is 0 Å². The second kappa shape index (κ2) is 3.14. The van der Waals surface area contributed by atoms with E-state index in [4.69, 9.17) is 5.73 Å². The van der Waals surface area contributed by atoms with Crippen LogP contribution < -0.4 is 5.73 Å². The van der Waals surface area contributed by atoms with Gasteiger partial charge < -0.3 is 10.3 Å². The summed E-state index contributed by atoms with van der Waals surface area (Å²) < 4.78 is 2.19. The topological polar surface area (TPSA) is 30.9 Å². The molecule has 0 fully saturated rings. The summed E-state index contributed by atoms with van der Waals surface area (Å²) in [5.41, 5.74) is 10.9. The van der Waals surface area contributed by atoms with Gasteiger partial charge in [-0.3, -0.25) is 0 Å². The second-order valence-electron chi connectivity index (χ2n) is 3.84. The van der Waals surface area contributed by atoms with E-state index < -0.39 is 0 Å². The number of hydrogen-bond acceptors (Lipinski definition) is 1. The summed E-state index contributed by atoms with van der Waals surface area (Å²) in [6, 6.07) is 6.50. The number of benzene rings is 1. The van der Waals surface area contributed by atoms with E-state index in [9.17, 15) is 0 Å². The molecule has 0 unspecified atom stereocenters. The fourth-order valence-corrected chi connectivity index (χ4v) is 2.00. The van der Waals surface area contributed by atoms with Crippen molar-refractivity contribution in [3.63, 3.8) is 0 Å². The lowest BCUT2D eigenvalue weighted by Gasteiger charge is -2.06. The number of fused-ring (bicyclic) bond motifs is 1. The van der Waals surface area contributed by atoms with Crippen molar-refractivity contribution in [2.45, 2.75) is 20.4 Å². The van der Waals surface area contributed by atoms with Crippen LogP contribution in [-0.4, -0.2) is 4.57 Å². The molecular weight excluding hydrogens is 172 g/mol. The molecular formula is C12H16N2. The van der Waals surface area contributed by atoms with Crippen LogP contribution in [0.4, 0.5) is 0 Å². The molecule has 0 spiro atoms. The summed E-state index contributed by atoms with van der Waals surface area (Å²) in [6.45, 7) is 4.91. The molecule has 0 bridgehead atoms. The van der Waals surface area contributed by atoms with Crippen LogP contribution in [-0.2, 0) is 13.6 Å². The Morgan fingerprint density at radius 1 is 1.29 bits per heavy atom. The molecule has 1 aromatic heterocycles. The molecule has 2 heteroatoms. The molecule has 0 saturated carbocycles. The van der Waals surface area contributed by atoms with Crippen molar-refractivity contribution in [3.8, 4) is 0 Å². The zero-order chi connectivity index (χ0) is 10.3. The van der Waals surface area contributed by atoms with Gasteiger partial charge in [-0.15, -0.1) is 0 Å². The Morgan fingerprint density at radius 2 is 2.00 bits per heavy atom. The third-order valence-electron chi connectivity index (χ3n) is 3.03. The molecule has 14 heavy (non-hydrogen) atoms. The van der Waals surface area contributed by atoms with Gasteiger partial charge in [0.05, 0.1) is 5.52 Å². The Morgan fingerprint density at radius 3 is 2.64 bits per heavy atom. The Labute approximate surface area is 84.3 Å². The maximum atomic E-state index is 5.68. The first kappa shape index (κ1) is 9.28. The lowest BCUT2D eigenvalue weighted by atomic mass is 10.1. The van der Waals surface area contributed by atoms with Crippen molar-refractivity contribution in [1.82, 2.24) is 4.57 Å². The standard InChI is InChI=1S/C12H16N2/c1-8-4-5-10-6-11(7-13)14(3)12(10)9(8)2/h4-6H,7,13H2,1-3H3. The van der Waals surface area contributed by atoms with E-state index in [1.54, 1.807) is 0 Å². The fraction of sp³-hybridized carbons (Fsp3) is 0.333. The molecule has 2 nitrogen and oxygen atoms in total. The summed E-state index contributed by atoms with van der Waals surface area (Å²) in [5, 5.41) is 1.29. The molecule has 2 N–H and O–H groups in total. The highest BCUT2D eigenvalue weighted by Gasteiger charge is 2.07. The van der Waals surface area contributed by atoms with Crippen LogP contribution in [0.3, 0.4) is 0 Å². The van der Waals surface area contributed by atoms with E-state index in [0.717, 1.165) is 0 Å². The molecule has 74 valence electrons. The first-order valence-corrected chi connectivity index (χ1v) is 4.89. The van der Waals surface area contributed by atoms with Gasteiger partial charge in [0.2, 0.25) is 0 Å². The molecule has 0 atom stereocenters. The number of aryl methyl sites for hydroxylation is 3. The van der Waals surface area contributed by atoms with Gasteiger partial charge in [-0.05, 0) is 31.0 Å². The molecule has 0 amide bonds. The molecule has 1 aromatic carbocycles. The predicted octanol–water partition coefficient (Wildman–Crippen LogP) is 2.25. The minimum Gasteiger partial charge on any atom is -0.346 e. The number of rotatable bonds is 1. The van der Waals surface area contributed by atoms with Crippen LogP contribution in [0, 0.1) is 13.8 Å². The highest BCUT2D eigenvalue weighted by Crippen LogP contribution is 2.24. The molecule has 0 aliphatic carbocycles. The molecule has 0 saturated heterocycles. The van der Waals surface area contributed by atoms with Crippen LogP contribution in [0.5, 0.6) is 0 Å². The molecule has 0 radical (unpaired) electrons. The highest BCUT2D eigenvalue weighted by atomic mass is 15.0. The summed E-state index contributed by atoms with van der Waals surface area (Å²) in [7, 11) is 2.08. The van der Waals surface area contributed by atoms with Gasteiger partial charge in [0.1, 0.15) is 0 Å². The minimum atomic E-state index is 0.601. The maximum absolute atomic E-state index is 5.68. The molecule has 0 aliphatic rings. The number of aromatic nitrogens is 1. The number of nitrogens with zero attached hydrogens (tertiary/aromatic N) is 1. The summed E-state index contributed by atoms with van der Waals surface area (Å²) in [4.78, 5) is 0. The van der Waals surface area contributed by atoms with Gasteiger partial charge in [0.25, 0.3) is 0 Å². The van der Waals surface area contributed by atoms with Gasteiger partial charge in [0.15, 0.2) is 0 Å². The smallest absolute Gasteiger partial charge is 0.0512 e. The molecule has 2 aromatic rings. The number of nitrogens with two attached hydrogens (primary N) is 1. The third kappa shape index (κ3) is 1.15. The SMILES string of the molecule is Cc1ccc2cc(CN)n(C)c2c1C. The Kier molecular flexibility index (Phi) is 2.08. The lowest BCUT2D eigenvalue weighted by Crippen LogP contribution is -2.03. The Bertz CT molecular complexity index is 481. The van der Waals surface area contributed by atoms with E-state index in [1.165, 1.54) is 27.7 Å². The van der Waals surface area contributed by atoms with Crippen molar-refractivity contribution < 1.29 is 0 Å². The van der Waals surface area contributed by atoms with Gasteiger partial charge in [-0.2, -0.15) is 0 Å². The van der Waals surface area contributed by atoms with Crippen molar-refractivity contribution in [1.29, 1.82) is 0 Å². The van der Waals surface area contributed by atoms with Crippen LogP contribution in [0.2, 0.25) is 0 Å². The van der Waals surface area contributed by atoms with Crippen LogP contribution in [0.1, 0.15) is 16.8 Å². The van der Waals surface area contributed by atoms with E-state index in [2.05, 4.69) is 43.7 Å². The zero-order valence-corrected chi connectivity index (χ0v) is 8.96. The second-order valence-corrected chi connectivity index (χ2v) is 3.84. The predicted molar refractivity (Wildman–Crippen MR) is 60.3 cm³/mol. The average molecular weight is 188 g/mol. The maximum Gasteiger partial charge on any atom is 0.0512 e. The number of hydrogen-bond donors (Lipinski definition) is 1. The Hall–Kier alpha value is -1.28. The summed E-state index contributed by atoms with van der Waals surface area (Å²) >= 11 is 0. The largest absolute Gasteiger partial charge is 0.346 e. The summed E-state index contributed by atoms with van der Waals surface area (Å²) in [6.07, 6.45) is 0. The summed E-state index contributed by atoms with van der Waals surface area (Å²) in [5.74, 6) is 0. The lowest BCUT2D eigenvalue weighted by molar-refractivity contribution is 0.847. The van der Waals surface area contributed by atoms with Gasteiger partial charge >= 0.3 is 0 Å². The van der Waals surface area contributed by atoms with Crippen molar-refractivity contribution in [2.75, 3.05) is 0 Å². The highest BCUT2D eigenvalue weighted by molar-refractivity contribution is 5.85. The fourth-order valence-electron chi connectivity index (χ4n) is 2.00. The molecule has 1 heterocycles. The van der Waals surface area contributed by atoms with Crippen molar-refractivity contribution in [3.05, 3.63) is 35.0 Å². The molecule has 2 rings (SSSR count). The van der Waals surface area contributed by atoms with Gasteiger partial charge in [-0.1, -0.05) is 12.1 Å². The average Bonchev–Trinajstić information content (AvgIpc) is 2.50. The Balaban J connectivity index is 2.87.